The fraction of sp³-hybridized carbons (Fsp3) is 0.846. The lowest BCUT2D eigenvalue weighted by Gasteiger charge is -2.13. The van der Waals surface area contributed by atoms with E-state index < -0.39 is 0 Å². The van der Waals surface area contributed by atoms with Crippen LogP contribution in [0.5, 0.6) is 0 Å². The summed E-state index contributed by atoms with van der Waals surface area (Å²) in [5, 5.41) is 6.48. The molecule has 0 saturated heterocycles. The molecule has 20 heavy (non-hydrogen) atoms. The largest absolute Gasteiger partial charge is 0.356 e. The zero-order chi connectivity index (χ0) is 14.5. The second-order valence-corrected chi connectivity index (χ2v) is 5.49. The highest BCUT2D eigenvalue weighted by molar-refractivity contribution is 14.0. The van der Waals surface area contributed by atoms with E-state index in [1.54, 1.807) is 19.0 Å². The lowest BCUT2D eigenvalue weighted by Crippen LogP contribution is -2.39. The highest BCUT2D eigenvalue weighted by Gasteiger charge is 2.03. The fourth-order valence-corrected chi connectivity index (χ4v) is 1.78. The van der Waals surface area contributed by atoms with Gasteiger partial charge in [-0.2, -0.15) is 11.8 Å². The molecule has 1 amide bonds. The van der Waals surface area contributed by atoms with Gasteiger partial charge in [0.05, 0.1) is 0 Å². The van der Waals surface area contributed by atoms with E-state index in [-0.39, 0.29) is 36.4 Å². The van der Waals surface area contributed by atoms with Crippen LogP contribution in [0.2, 0.25) is 0 Å². The Morgan fingerprint density at radius 2 is 1.85 bits per heavy atom. The Kier molecular flexibility index (Phi) is 16.8. The maximum Gasteiger partial charge on any atom is 0.243 e. The molecule has 0 aromatic heterocycles. The van der Waals surface area contributed by atoms with Gasteiger partial charge < -0.3 is 15.5 Å². The molecule has 0 atom stereocenters. The minimum absolute atomic E-state index is 0. The van der Waals surface area contributed by atoms with Crippen LogP contribution in [0.4, 0.5) is 0 Å². The predicted octanol–water partition coefficient (Wildman–Crippen LogP) is 1.78. The van der Waals surface area contributed by atoms with Crippen molar-refractivity contribution in [2.75, 3.05) is 45.7 Å². The van der Waals surface area contributed by atoms with Crippen LogP contribution in [0.3, 0.4) is 0 Å². The van der Waals surface area contributed by atoms with Crippen LogP contribution in [-0.2, 0) is 4.79 Å². The third-order valence-corrected chi connectivity index (χ3v) is 3.18. The van der Waals surface area contributed by atoms with E-state index in [1.165, 1.54) is 12.2 Å². The van der Waals surface area contributed by atoms with Crippen LogP contribution in [0, 0.1) is 0 Å². The number of nitrogens with zero attached hydrogens (tertiary/aromatic N) is 2. The first-order chi connectivity index (χ1) is 9.11. The van der Waals surface area contributed by atoms with Gasteiger partial charge in [-0.1, -0.05) is 6.92 Å². The fourth-order valence-electron chi connectivity index (χ4n) is 1.28. The molecule has 0 aliphatic carbocycles. The van der Waals surface area contributed by atoms with Crippen molar-refractivity contribution < 1.29 is 4.79 Å². The Morgan fingerprint density at radius 1 is 1.20 bits per heavy atom. The first-order valence-corrected chi connectivity index (χ1v) is 8.22. The van der Waals surface area contributed by atoms with Crippen molar-refractivity contribution in [3.05, 3.63) is 0 Å². The van der Waals surface area contributed by atoms with E-state index >= 15 is 0 Å². The number of carbonyl (C=O) groups is 1. The second kappa shape index (κ2) is 15.2. The summed E-state index contributed by atoms with van der Waals surface area (Å²) in [6, 6.07) is 0. The number of hydrogen-bond donors (Lipinski definition) is 2. The molecule has 5 nitrogen and oxygen atoms in total. The lowest BCUT2D eigenvalue weighted by molar-refractivity contribution is -0.127. The molecule has 0 aromatic rings. The molecule has 7 heteroatoms. The zero-order valence-electron chi connectivity index (χ0n) is 13.1. The molecule has 120 valence electrons. The summed E-state index contributed by atoms with van der Waals surface area (Å²) in [6.07, 6.45) is 5.48. The normalized spacial score (nSPS) is 10.7. The van der Waals surface area contributed by atoms with Gasteiger partial charge in [0, 0.05) is 27.2 Å². The third-order valence-electron chi connectivity index (χ3n) is 2.48. The van der Waals surface area contributed by atoms with Crippen LogP contribution in [0.25, 0.3) is 0 Å². The average molecular weight is 416 g/mol. The maximum absolute atomic E-state index is 11.5. The van der Waals surface area contributed by atoms with Gasteiger partial charge in [0.2, 0.25) is 5.91 Å². The summed E-state index contributed by atoms with van der Waals surface area (Å²) < 4.78 is 0. The number of amides is 1. The quantitative estimate of drug-likeness (QED) is 0.261. The van der Waals surface area contributed by atoms with Crippen molar-refractivity contribution in [1.82, 2.24) is 15.5 Å². The number of rotatable bonds is 9. The standard InChI is InChI=1S/C13H28N4OS.HI/c1-5-8-14-13(15-9-6-7-10-19-4)16-11-12(18)17(2)3;/h5-11H2,1-4H3,(H2,14,15,16);1H. The minimum atomic E-state index is 0. The van der Waals surface area contributed by atoms with Crippen molar-refractivity contribution in [3.63, 3.8) is 0 Å². The van der Waals surface area contributed by atoms with E-state index in [2.05, 4.69) is 28.8 Å². The summed E-state index contributed by atoms with van der Waals surface area (Å²) in [6.45, 7) is 4.06. The smallest absolute Gasteiger partial charge is 0.243 e. The average Bonchev–Trinajstić information content (AvgIpc) is 2.40. The summed E-state index contributed by atoms with van der Waals surface area (Å²) in [4.78, 5) is 17.3. The van der Waals surface area contributed by atoms with Crippen molar-refractivity contribution in [2.45, 2.75) is 26.2 Å². The third kappa shape index (κ3) is 12.8. The van der Waals surface area contributed by atoms with Gasteiger partial charge >= 0.3 is 0 Å². The number of unbranched alkanes of at least 4 members (excludes halogenated alkanes) is 1. The Hall–Kier alpha value is -0.180. The first-order valence-electron chi connectivity index (χ1n) is 6.83. The van der Waals surface area contributed by atoms with Gasteiger partial charge in [-0.05, 0) is 31.3 Å². The minimum Gasteiger partial charge on any atom is -0.356 e. The van der Waals surface area contributed by atoms with Crippen molar-refractivity contribution in [3.8, 4) is 0 Å². The molecule has 2 N–H and O–H groups in total. The summed E-state index contributed by atoms with van der Waals surface area (Å²) in [5.41, 5.74) is 0. The van der Waals surface area contributed by atoms with Crippen LogP contribution < -0.4 is 10.6 Å². The Morgan fingerprint density at radius 3 is 2.40 bits per heavy atom. The van der Waals surface area contributed by atoms with Crippen LogP contribution in [0.15, 0.2) is 4.99 Å². The molecule has 0 aliphatic heterocycles. The molecule has 0 bridgehead atoms. The summed E-state index contributed by atoms with van der Waals surface area (Å²) >= 11 is 1.87. The number of guanidine groups is 1. The highest BCUT2D eigenvalue weighted by Crippen LogP contribution is 1.97. The van der Waals surface area contributed by atoms with Crippen molar-refractivity contribution >= 4 is 47.6 Å². The van der Waals surface area contributed by atoms with Crippen molar-refractivity contribution in [2.24, 2.45) is 4.99 Å². The van der Waals surface area contributed by atoms with E-state index in [0.717, 1.165) is 31.9 Å². The lowest BCUT2D eigenvalue weighted by atomic mass is 10.3. The maximum atomic E-state index is 11.5. The van der Waals surface area contributed by atoms with Gasteiger partial charge in [-0.3, -0.25) is 4.79 Å². The highest BCUT2D eigenvalue weighted by atomic mass is 127. The van der Waals surface area contributed by atoms with Crippen LogP contribution in [-0.4, -0.2) is 62.5 Å². The molecule has 0 saturated carbocycles. The number of likely N-dealkylation sites (N-methyl/N-ethyl adjacent to an activating group) is 1. The number of nitrogens with one attached hydrogen (secondary N) is 2. The number of carbonyl (C=O) groups excluding carboxylic acids is 1. The summed E-state index contributed by atoms with van der Waals surface area (Å²) in [7, 11) is 3.49. The van der Waals surface area contributed by atoms with Gasteiger partial charge in [0.25, 0.3) is 0 Å². The molecular formula is C13H29IN4OS. The van der Waals surface area contributed by atoms with Gasteiger partial charge in [-0.25, -0.2) is 4.99 Å². The molecular weight excluding hydrogens is 387 g/mol. The summed E-state index contributed by atoms with van der Waals surface area (Å²) in [5.74, 6) is 1.94. The number of aliphatic imine (C=N–C) groups is 1. The Labute approximate surface area is 144 Å². The molecule has 0 heterocycles. The molecule has 0 spiro atoms. The Bertz CT molecular complexity index is 275. The van der Waals surface area contributed by atoms with Gasteiger partial charge in [0.1, 0.15) is 6.54 Å². The number of thioether (sulfide) groups is 1. The molecule has 0 radical (unpaired) electrons. The van der Waals surface area contributed by atoms with Gasteiger partial charge in [-0.15, -0.1) is 24.0 Å². The zero-order valence-corrected chi connectivity index (χ0v) is 16.2. The first kappa shape index (κ1) is 22.1. The van der Waals surface area contributed by atoms with E-state index in [4.69, 9.17) is 0 Å². The van der Waals surface area contributed by atoms with Crippen LogP contribution in [0.1, 0.15) is 26.2 Å². The second-order valence-electron chi connectivity index (χ2n) is 4.51. The molecule has 0 aliphatic rings. The topological polar surface area (TPSA) is 56.7 Å². The monoisotopic (exact) mass is 416 g/mol. The van der Waals surface area contributed by atoms with E-state index in [1.807, 2.05) is 11.8 Å². The number of halogens is 1. The molecule has 0 unspecified atom stereocenters. The molecule has 0 rings (SSSR count). The molecule has 0 aromatic carbocycles. The molecule has 0 fully saturated rings. The van der Waals surface area contributed by atoms with E-state index in [9.17, 15) is 4.79 Å². The number of hydrogen-bond acceptors (Lipinski definition) is 3. The Balaban J connectivity index is 0. The predicted molar refractivity (Wildman–Crippen MR) is 100 cm³/mol. The van der Waals surface area contributed by atoms with Crippen LogP contribution >= 0.6 is 35.7 Å². The van der Waals surface area contributed by atoms with E-state index in [0.29, 0.717) is 0 Å². The SMILES string of the molecule is CCCNC(=NCC(=O)N(C)C)NCCCCSC.I. The van der Waals surface area contributed by atoms with Gasteiger partial charge in [0.15, 0.2) is 5.96 Å². The van der Waals surface area contributed by atoms with Crippen molar-refractivity contribution in [1.29, 1.82) is 0 Å².